The third kappa shape index (κ3) is 5.67. The summed E-state index contributed by atoms with van der Waals surface area (Å²) >= 11 is 11.0. The van der Waals surface area contributed by atoms with Crippen molar-refractivity contribution in [3.05, 3.63) is 0 Å². The van der Waals surface area contributed by atoms with E-state index in [0.29, 0.717) is 12.5 Å². The minimum Gasteiger partial charge on any atom is -0.355 e. The largest absolute Gasteiger partial charge is 0.355 e. The van der Waals surface area contributed by atoms with Crippen LogP contribution in [0.1, 0.15) is 20.3 Å². The number of nitrogens with one attached hydrogen (secondary N) is 1. The van der Waals surface area contributed by atoms with Gasteiger partial charge in [-0.05, 0) is 12.3 Å². The Morgan fingerprint density at radius 2 is 2.08 bits per heavy atom. The summed E-state index contributed by atoms with van der Waals surface area (Å²) in [5, 5.41) is 2.11. The van der Waals surface area contributed by atoms with Gasteiger partial charge >= 0.3 is 0 Å². The second-order valence-corrected chi connectivity index (χ2v) is 3.93. The lowest BCUT2D eigenvalue weighted by atomic mass is 10.1. The summed E-state index contributed by atoms with van der Waals surface area (Å²) in [7, 11) is 0. The Morgan fingerprint density at radius 3 is 2.50 bits per heavy atom. The maximum atomic E-state index is 11.0. The molecule has 0 bridgehead atoms. The predicted octanol–water partition coefficient (Wildman–Crippen LogP) is 1.99. The van der Waals surface area contributed by atoms with Crippen LogP contribution >= 0.6 is 23.2 Å². The first kappa shape index (κ1) is 12.0. The van der Waals surface area contributed by atoms with Crippen molar-refractivity contribution in [3.8, 4) is 0 Å². The van der Waals surface area contributed by atoms with E-state index in [0.717, 1.165) is 6.42 Å². The standard InChI is InChI=1S/C8H15Cl2NO/c1-6(2)3-4-11-8(12)7(10)5-9/h6-7H,3-5H2,1-2H3,(H,11,12). The fourth-order valence-electron chi connectivity index (χ4n) is 0.665. The second-order valence-electron chi connectivity index (χ2n) is 3.10. The van der Waals surface area contributed by atoms with Crippen molar-refractivity contribution in [2.75, 3.05) is 12.4 Å². The molecule has 1 atom stereocenters. The molecule has 0 aliphatic carbocycles. The summed E-state index contributed by atoms with van der Waals surface area (Å²) in [5.41, 5.74) is 0. The first-order valence-electron chi connectivity index (χ1n) is 4.05. The summed E-state index contributed by atoms with van der Waals surface area (Å²) in [4.78, 5) is 11.0. The maximum absolute atomic E-state index is 11.0. The van der Waals surface area contributed by atoms with Gasteiger partial charge in [-0.2, -0.15) is 0 Å². The van der Waals surface area contributed by atoms with Gasteiger partial charge in [0.1, 0.15) is 5.38 Å². The van der Waals surface area contributed by atoms with Gasteiger partial charge in [0, 0.05) is 12.4 Å². The summed E-state index contributed by atoms with van der Waals surface area (Å²) in [6, 6.07) is 0. The zero-order chi connectivity index (χ0) is 9.56. The molecule has 1 amide bonds. The van der Waals surface area contributed by atoms with Crippen LogP contribution in [0.25, 0.3) is 0 Å². The highest BCUT2D eigenvalue weighted by molar-refractivity contribution is 6.36. The average molecular weight is 212 g/mol. The number of hydrogen-bond acceptors (Lipinski definition) is 1. The first-order valence-corrected chi connectivity index (χ1v) is 5.02. The Bertz CT molecular complexity index is 139. The fraction of sp³-hybridized carbons (Fsp3) is 0.875. The van der Waals surface area contributed by atoms with E-state index in [1.165, 1.54) is 0 Å². The highest BCUT2D eigenvalue weighted by atomic mass is 35.5. The van der Waals surface area contributed by atoms with Crippen LogP contribution in [-0.2, 0) is 4.79 Å². The summed E-state index contributed by atoms with van der Waals surface area (Å²) in [5.74, 6) is 0.581. The van der Waals surface area contributed by atoms with E-state index in [9.17, 15) is 4.79 Å². The van der Waals surface area contributed by atoms with Gasteiger partial charge in [0.05, 0.1) is 0 Å². The van der Waals surface area contributed by atoms with Crippen LogP contribution in [0.4, 0.5) is 0 Å². The fourth-order valence-corrected chi connectivity index (χ4v) is 0.882. The number of carbonyl (C=O) groups is 1. The number of hydrogen-bond donors (Lipinski definition) is 1. The lowest BCUT2D eigenvalue weighted by Crippen LogP contribution is -2.33. The van der Waals surface area contributed by atoms with E-state index >= 15 is 0 Å². The molecule has 1 unspecified atom stereocenters. The van der Waals surface area contributed by atoms with Crippen molar-refractivity contribution in [2.45, 2.75) is 25.6 Å². The van der Waals surface area contributed by atoms with E-state index in [1.807, 2.05) is 0 Å². The van der Waals surface area contributed by atoms with Crippen LogP contribution in [0.2, 0.25) is 0 Å². The van der Waals surface area contributed by atoms with Crippen LogP contribution in [0.5, 0.6) is 0 Å². The lowest BCUT2D eigenvalue weighted by molar-refractivity contribution is -0.120. The van der Waals surface area contributed by atoms with Crippen LogP contribution in [0, 0.1) is 5.92 Å². The number of amides is 1. The van der Waals surface area contributed by atoms with E-state index in [4.69, 9.17) is 23.2 Å². The minimum absolute atomic E-state index is 0.162. The molecule has 0 fully saturated rings. The minimum atomic E-state index is -0.598. The lowest BCUT2D eigenvalue weighted by Gasteiger charge is -2.08. The van der Waals surface area contributed by atoms with Crippen molar-refractivity contribution in [2.24, 2.45) is 5.92 Å². The van der Waals surface area contributed by atoms with E-state index < -0.39 is 5.38 Å². The predicted molar refractivity (Wildman–Crippen MR) is 52.8 cm³/mol. The molecule has 0 heterocycles. The Labute approximate surface area is 83.6 Å². The zero-order valence-electron chi connectivity index (χ0n) is 7.44. The van der Waals surface area contributed by atoms with Gasteiger partial charge in [0.25, 0.3) is 0 Å². The van der Waals surface area contributed by atoms with Crippen molar-refractivity contribution in [1.29, 1.82) is 0 Å². The molecular formula is C8H15Cl2NO. The van der Waals surface area contributed by atoms with Gasteiger partial charge in [-0.1, -0.05) is 13.8 Å². The molecule has 0 saturated carbocycles. The number of halogens is 2. The van der Waals surface area contributed by atoms with Crippen molar-refractivity contribution >= 4 is 29.1 Å². The molecule has 1 N–H and O–H groups in total. The molecule has 0 aromatic rings. The Kier molecular flexibility index (Phi) is 6.58. The van der Waals surface area contributed by atoms with Crippen molar-refractivity contribution < 1.29 is 4.79 Å². The van der Waals surface area contributed by atoms with Gasteiger partial charge in [-0.25, -0.2) is 0 Å². The number of rotatable bonds is 5. The molecule has 0 saturated heterocycles. The molecule has 0 aromatic heterocycles. The molecule has 0 aromatic carbocycles. The van der Waals surface area contributed by atoms with Gasteiger partial charge in [-0.3, -0.25) is 4.79 Å². The third-order valence-corrected chi connectivity index (χ3v) is 2.26. The Balaban J connectivity index is 3.44. The molecular weight excluding hydrogens is 197 g/mol. The maximum Gasteiger partial charge on any atom is 0.239 e. The molecule has 72 valence electrons. The van der Waals surface area contributed by atoms with Crippen LogP contribution in [0.3, 0.4) is 0 Å². The summed E-state index contributed by atoms with van der Waals surface area (Å²) in [6.45, 7) is 4.88. The number of carbonyl (C=O) groups excluding carboxylic acids is 1. The molecule has 2 nitrogen and oxygen atoms in total. The highest BCUT2D eigenvalue weighted by Gasteiger charge is 2.12. The van der Waals surface area contributed by atoms with E-state index in [1.54, 1.807) is 0 Å². The normalized spacial score (nSPS) is 13.1. The monoisotopic (exact) mass is 211 g/mol. The SMILES string of the molecule is CC(C)CCNC(=O)C(Cl)CCl. The van der Waals surface area contributed by atoms with Crippen LogP contribution in [-0.4, -0.2) is 23.7 Å². The quantitative estimate of drug-likeness (QED) is 0.694. The average Bonchev–Trinajstić information content (AvgIpc) is 2.02. The van der Waals surface area contributed by atoms with Crippen molar-refractivity contribution in [3.63, 3.8) is 0 Å². The zero-order valence-corrected chi connectivity index (χ0v) is 8.95. The molecule has 0 aliphatic heterocycles. The molecule has 0 radical (unpaired) electrons. The van der Waals surface area contributed by atoms with Gasteiger partial charge in [0.2, 0.25) is 5.91 Å². The van der Waals surface area contributed by atoms with Gasteiger partial charge in [-0.15, -0.1) is 23.2 Å². The smallest absolute Gasteiger partial charge is 0.239 e. The molecule has 12 heavy (non-hydrogen) atoms. The van der Waals surface area contributed by atoms with E-state index in [2.05, 4.69) is 19.2 Å². The molecule has 0 spiro atoms. The number of alkyl halides is 2. The molecule has 4 heteroatoms. The Hall–Kier alpha value is 0.0500. The molecule has 0 aliphatic rings. The van der Waals surface area contributed by atoms with Gasteiger partial charge < -0.3 is 5.32 Å². The molecule has 0 rings (SSSR count). The van der Waals surface area contributed by atoms with Crippen LogP contribution < -0.4 is 5.32 Å². The van der Waals surface area contributed by atoms with Crippen molar-refractivity contribution in [1.82, 2.24) is 5.32 Å². The summed E-state index contributed by atoms with van der Waals surface area (Å²) < 4.78 is 0. The van der Waals surface area contributed by atoms with Crippen LogP contribution in [0.15, 0.2) is 0 Å². The second kappa shape index (κ2) is 6.55. The third-order valence-electron chi connectivity index (χ3n) is 1.44. The topological polar surface area (TPSA) is 29.1 Å². The van der Waals surface area contributed by atoms with Gasteiger partial charge in [0.15, 0.2) is 0 Å². The highest BCUT2D eigenvalue weighted by Crippen LogP contribution is 2.00. The Morgan fingerprint density at radius 1 is 1.50 bits per heavy atom. The summed E-state index contributed by atoms with van der Waals surface area (Å²) in [6.07, 6.45) is 0.970. The first-order chi connectivity index (χ1) is 5.57. The van der Waals surface area contributed by atoms with E-state index in [-0.39, 0.29) is 11.8 Å².